The highest BCUT2D eigenvalue weighted by molar-refractivity contribution is 7.18. The van der Waals surface area contributed by atoms with Crippen molar-refractivity contribution in [1.82, 2.24) is 14.9 Å². The Morgan fingerprint density at radius 3 is 2.88 bits per heavy atom. The van der Waals surface area contributed by atoms with Gasteiger partial charge in [0.05, 0.1) is 11.7 Å². The van der Waals surface area contributed by atoms with E-state index >= 15 is 0 Å². The quantitative estimate of drug-likeness (QED) is 0.627. The molecule has 2 heterocycles. The minimum Gasteiger partial charge on any atom is -0.451 e. The molecule has 0 saturated heterocycles. The number of fused-ring (bicyclic) bond motifs is 1. The minimum atomic E-state index is -0.949. The molecular weight excluding hydrogens is 330 g/mol. The molecule has 1 atom stereocenters. The Kier molecular flexibility index (Phi) is 5.50. The minimum absolute atomic E-state index is 0.289. The first-order chi connectivity index (χ1) is 11.3. The maximum absolute atomic E-state index is 12.5. The van der Waals surface area contributed by atoms with Crippen LogP contribution in [0, 0.1) is 13.8 Å². The molecule has 2 aromatic rings. The second-order valence-corrected chi connectivity index (χ2v) is 6.51. The van der Waals surface area contributed by atoms with Crippen LogP contribution in [0.15, 0.2) is 23.8 Å². The van der Waals surface area contributed by atoms with Crippen LogP contribution in [-0.2, 0) is 20.9 Å². The Morgan fingerprint density at radius 2 is 2.21 bits per heavy atom. The van der Waals surface area contributed by atoms with E-state index in [1.165, 1.54) is 35.2 Å². The predicted molar refractivity (Wildman–Crippen MR) is 92.1 cm³/mol. The van der Waals surface area contributed by atoms with Gasteiger partial charge >= 0.3 is 5.97 Å². The number of carbonyl (C=O) groups is 2. The number of rotatable bonds is 6. The third-order valence-electron chi connectivity index (χ3n) is 3.55. The average molecular weight is 349 g/mol. The van der Waals surface area contributed by atoms with E-state index in [9.17, 15) is 14.4 Å². The molecule has 128 valence electrons. The molecule has 0 aromatic carbocycles. The number of hydrogen-bond donors (Lipinski definition) is 1. The molecular formula is C16H19N3O4S. The van der Waals surface area contributed by atoms with Crippen molar-refractivity contribution in [3.8, 4) is 0 Å². The lowest BCUT2D eigenvalue weighted by atomic mass is 10.2. The molecule has 0 bridgehead atoms. The smallest absolute Gasteiger partial charge is 0.326 e. The summed E-state index contributed by atoms with van der Waals surface area (Å²) in [6.07, 6.45) is 1.90. The van der Waals surface area contributed by atoms with E-state index in [4.69, 9.17) is 4.74 Å². The van der Waals surface area contributed by atoms with Crippen LogP contribution >= 0.6 is 11.3 Å². The summed E-state index contributed by atoms with van der Waals surface area (Å²) in [6, 6.07) is 0. The Labute approximate surface area is 143 Å². The summed E-state index contributed by atoms with van der Waals surface area (Å²) in [7, 11) is 0. The predicted octanol–water partition coefficient (Wildman–Crippen LogP) is 1.31. The van der Waals surface area contributed by atoms with Gasteiger partial charge in [-0.25, -0.2) is 4.98 Å². The number of nitrogens with one attached hydrogen (secondary N) is 1. The molecule has 0 radical (unpaired) electrons. The maximum Gasteiger partial charge on any atom is 0.326 e. The SMILES string of the molecule is C=CCNC(=O)[C@@H](C)OC(=O)Cn1cnc2sc(C)c(C)c2c1=O. The van der Waals surface area contributed by atoms with Gasteiger partial charge in [-0.2, -0.15) is 0 Å². The number of ether oxygens (including phenoxy) is 1. The normalized spacial score (nSPS) is 12.0. The molecule has 0 aliphatic heterocycles. The van der Waals surface area contributed by atoms with Crippen molar-refractivity contribution in [2.75, 3.05) is 6.54 Å². The number of esters is 1. The van der Waals surface area contributed by atoms with Crippen LogP contribution in [0.2, 0.25) is 0 Å². The first-order valence-electron chi connectivity index (χ1n) is 7.38. The summed E-state index contributed by atoms with van der Waals surface area (Å²) >= 11 is 1.44. The lowest BCUT2D eigenvalue weighted by Gasteiger charge is -2.13. The molecule has 0 aliphatic rings. The zero-order valence-corrected chi connectivity index (χ0v) is 14.6. The van der Waals surface area contributed by atoms with Crippen molar-refractivity contribution in [3.05, 3.63) is 39.8 Å². The van der Waals surface area contributed by atoms with Crippen LogP contribution in [0.25, 0.3) is 10.2 Å². The van der Waals surface area contributed by atoms with Gasteiger partial charge in [0.15, 0.2) is 6.10 Å². The fourth-order valence-corrected chi connectivity index (χ4v) is 3.11. The molecule has 0 unspecified atom stereocenters. The van der Waals surface area contributed by atoms with Crippen molar-refractivity contribution in [1.29, 1.82) is 0 Å². The summed E-state index contributed by atoms with van der Waals surface area (Å²) in [5.74, 6) is -1.10. The van der Waals surface area contributed by atoms with E-state index in [0.29, 0.717) is 10.2 Å². The number of aromatic nitrogens is 2. The summed E-state index contributed by atoms with van der Waals surface area (Å²) in [6.45, 7) is 8.72. The molecule has 8 heteroatoms. The summed E-state index contributed by atoms with van der Waals surface area (Å²) in [5, 5.41) is 3.05. The number of hydrogen-bond acceptors (Lipinski definition) is 6. The van der Waals surface area contributed by atoms with E-state index in [-0.39, 0.29) is 18.6 Å². The monoisotopic (exact) mass is 349 g/mol. The molecule has 1 amide bonds. The highest BCUT2D eigenvalue weighted by atomic mass is 32.1. The van der Waals surface area contributed by atoms with Gasteiger partial charge in [0.1, 0.15) is 11.4 Å². The highest BCUT2D eigenvalue weighted by Crippen LogP contribution is 2.25. The Hall–Kier alpha value is -2.48. The van der Waals surface area contributed by atoms with E-state index < -0.39 is 18.0 Å². The zero-order chi connectivity index (χ0) is 17.9. The summed E-state index contributed by atoms with van der Waals surface area (Å²) in [5.41, 5.74) is 0.579. The van der Waals surface area contributed by atoms with Crippen LogP contribution < -0.4 is 10.9 Å². The summed E-state index contributed by atoms with van der Waals surface area (Å²) < 4.78 is 6.24. The molecule has 0 spiro atoms. The lowest BCUT2D eigenvalue weighted by Crippen LogP contribution is -2.37. The fourth-order valence-electron chi connectivity index (χ4n) is 2.13. The Balaban J connectivity index is 2.12. The van der Waals surface area contributed by atoms with Crippen LogP contribution in [0.3, 0.4) is 0 Å². The zero-order valence-electron chi connectivity index (χ0n) is 13.8. The van der Waals surface area contributed by atoms with Gasteiger partial charge in [0.25, 0.3) is 11.5 Å². The summed E-state index contributed by atoms with van der Waals surface area (Å²) in [4.78, 5) is 42.0. The average Bonchev–Trinajstić information content (AvgIpc) is 2.83. The molecule has 24 heavy (non-hydrogen) atoms. The third-order valence-corrected chi connectivity index (χ3v) is 4.67. The molecule has 2 rings (SSSR count). The van der Waals surface area contributed by atoms with E-state index in [2.05, 4.69) is 16.9 Å². The standard InChI is InChI=1S/C16H19N3O4S/c1-5-6-17-14(21)10(3)23-12(20)7-19-8-18-15-13(16(19)22)9(2)11(4)24-15/h5,8,10H,1,6-7H2,2-4H3,(H,17,21)/t10-/m1/s1. The van der Waals surface area contributed by atoms with Gasteiger partial charge in [-0.1, -0.05) is 6.08 Å². The van der Waals surface area contributed by atoms with Crippen LogP contribution in [0.5, 0.6) is 0 Å². The van der Waals surface area contributed by atoms with Gasteiger partial charge in [0, 0.05) is 11.4 Å². The second-order valence-electron chi connectivity index (χ2n) is 5.31. The fraction of sp³-hybridized carbons (Fsp3) is 0.375. The van der Waals surface area contributed by atoms with Crippen molar-refractivity contribution < 1.29 is 14.3 Å². The molecule has 7 nitrogen and oxygen atoms in total. The Morgan fingerprint density at radius 1 is 1.50 bits per heavy atom. The van der Waals surface area contributed by atoms with Crippen molar-refractivity contribution in [2.45, 2.75) is 33.4 Å². The van der Waals surface area contributed by atoms with Gasteiger partial charge in [-0.15, -0.1) is 17.9 Å². The number of thiophene rings is 1. The van der Waals surface area contributed by atoms with E-state index in [1.807, 2.05) is 13.8 Å². The maximum atomic E-state index is 12.5. The second kappa shape index (κ2) is 7.39. The number of amides is 1. The first-order valence-corrected chi connectivity index (χ1v) is 8.20. The van der Waals surface area contributed by atoms with Gasteiger partial charge in [-0.3, -0.25) is 19.0 Å². The largest absolute Gasteiger partial charge is 0.451 e. The topological polar surface area (TPSA) is 90.3 Å². The van der Waals surface area contributed by atoms with E-state index in [1.54, 1.807) is 0 Å². The number of nitrogens with zero attached hydrogens (tertiary/aromatic N) is 2. The first kappa shape index (κ1) is 17.9. The van der Waals surface area contributed by atoms with Gasteiger partial charge in [0.2, 0.25) is 0 Å². The van der Waals surface area contributed by atoms with Gasteiger partial charge < -0.3 is 10.1 Å². The van der Waals surface area contributed by atoms with Crippen LogP contribution in [0.4, 0.5) is 0 Å². The van der Waals surface area contributed by atoms with E-state index in [0.717, 1.165) is 10.4 Å². The molecule has 2 aromatic heterocycles. The number of carbonyl (C=O) groups excluding carboxylic acids is 2. The van der Waals surface area contributed by atoms with Crippen LogP contribution in [-0.4, -0.2) is 34.1 Å². The molecule has 0 aliphatic carbocycles. The lowest BCUT2D eigenvalue weighted by molar-refractivity contribution is -0.155. The van der Waals surface area contributed by atoms with Crippen molar-refractivity contribution in [2.24, 2.45) is 0 Å². The third kappa shape index (κ3) is 3.70. The molecule has 1 N–H and O–H groups in total. The molecule has 0 fully saturated rings. The van der Waals surface area contributed by atoms with Crippen molar-refractivity contribution in [3.63, 3.8) is 0 Å². The highest BCUT2D eigenvalue weighted by Gasteiger charge is 2.19. The van der Waals surface area contributed by atoms with Crippen LogP contribution in [0.1, 0.15) is 17.4 Å². The van der Waals surface area contributed by atoms with Crippen molar-refractivity contribution >= 4 is 33.4 Å². The van der Waals surface area contributed by atoms with Gasteiger partial charge in [-0.05, 0) is 26.3 Å². The molecule has 0 saturated carbocycles. The Bertz CT molecular complexity index is 853. The number of aryl methyl sites for hydroxylation is 2.